The standard InChI is InChI=1S/C11H12N2O3.C5H9NO4.H2O/c14-11(15)10(13-16)5-7-6-12-9-4-2-1-3-8(7)9;6-3(5(9)10)1-2-4(7)8;/h1-4,6,10,12-13,16H,5H2,(H,14,15);3H,1-2,6H2,(H,7,8)(H,9,10);1H2/t10-;3-;/m00./s1. The van der Waals surface area contributed by atoms with E-state index in [1.807, 2.05) is 24.3 Å². The summed E-state index contributed by atoms with van der Waals surface area (Å²) in [6.07, 6.45) is 1.77. The van der Waals surface area contributed by atoms with Crippen LogP contribution in [0.3, 0.4) is 0 Å². The molecule has 10 N–H and O–H groups in total. The van der Waals surface area contributed by atoms with Crippen molar-refractivity contribution in [1.29, 1.82) is 0 Å². The third-order valence-electron chi connectivity index (χ3n) is 3.54. The number of hydrogen-bond acceptors (Lipinski definition) is 6. The van der Waals surface area contributed by atoms with Crippen molar-refractivity contribution in [3.05, 3.63) is 36.0 Å². The Balaban J connectivity index is 0.000000539. The topological polar surface area (TPSA) is 217 Å². The smallest absolute Gasteiger partial charge is 0.323 e. The number of hydrogen-bond donors (Lipinski definition) is 7. The number of rotatable bonds is 8. The second kappa shape index (κ2) is 11.6. The molecule has 11 heteroatoms. The van der Waals surface area contributed by atoms with Gasteiger partial charge in [-0.05, 0) is 18.1 Å². The number of para-hydroxylation sites is 1. The van der Waals surface area contributed by atoms with Crippen molar-refractivity contribution in [3.8, 4) is 0 Å². The normalized spacial score (nSPS) is 12.2. The number of H-pyrrole nitrogens is 1. The number of nitrogens with one attached hydrogen (secondary N) is 2. The van der Waals surface area contributed by atoms with Crippen LogP contribution in [-0.2, 0) is 20.8 Å². The minimum Gasteiger partial charge on any atom is -0.481 e. The molecule has 0 unspecified atom stereocenters. The van der Waals surface area contributed by atoms with Crippen molar-refractivity contribution < 1.29 is 40.4 Å². The molecule has 2 rings (SSSR count). The summed E-state index contributed by atoms with van der Waals surface area (Å²) in [6.45, 7) is 0. The van der Waals surface area contributed by atoms with Gasteiger partial charge in [0, 0.05) is 29.9 Å². The molecule has 0 radical (unpaired) electrons. The summed E-state index contributed by atoms with van der Waals surface area (Å²) in [5.74, 6) is -3.27. The van der Waals surface area contributed by atoms with Gasteiger partial charge in [0.25, 0.3) is 0 Å². The number of nitrogens with two attached hydrogens (primary N) is 1. The molecule has 0 saturated carbocycles. The summed E-state index contributed by atoms with van der Waals surface area (Å²) < 4.78 is 0. The van der Waals surface area contributed by atoms with Crippen LogP contribution >= 0.6 is 0 Å². The zero-order valence-corrected chi connectivity index (χ0v) is 14.3. The maximum Gasteiger partial charge on any atom is 0.323 e. The zero-order chi connectivity index (χ0) is 19.7. The highest BCUT2D eigenvalue weighted by atomic mass is 16.5. The molecule has 0 aliphatic heterocycles. The third-order valence-corrected chi connectivity index (χ3v) is 3.54. The van der Waals surface area contributed by atoms with Crippen molar-refractivity contribution in [2.24, 2.45) is 5.73 Å². The van der Waals surface area contributed by atoms with Crippen molar-refractivity contribution in [3.63, 3.8) is 0 Å². The molecule has 0 spiro atoms. The minimum absolute atomic E-state index is 0. The van der Waals surface area contributed by atoms with E-state index >= 15 is 0 Å². The van der Waals surface area contributed by atoms with Crippen LogP contribution in [0.5, 0.6) is 0 Å². The van der Waals surface area contributed by atoms with Crippen LogP contribution in [0.4, 0.5) is 0 Å². The quantitative estimate of drug-likeness (QED) is 0.293. The largest absolute Gasteiger partial charge is 0.481 e. The van der Waals surface area contributed by atoms with E-state index in [2.05, 4.69) is 4.98 Å². The van der Waals surface area contributed by atoms with Crippen molar-refractivity contribution >= 4 is 28.8 Å². The summed E-state index contributed by atoms with van der Waals surface area (Å²) >= 11 is 0. The molecular formula is C16H23N3O8. The van der Waals surface area contributed by atoms with E-state index in [0.717, 1.165) is 16.5 Å². The number of benzene rings is 1. The Bertz CT molecular complexity index is 761. The summed E-state index contributed by atoms with van der Waals surface area (Å²) in [5, 5.41) is 34.8. The highest BCUT2D eigenvalue weighted by molar-refractivity contribution is 5.84. The van der Waals surface area contributed by atoms with Crippen LogP contribution in [0.15, 0.2) is 30.5 Å². The summed E-state index contributed by atoms with van der Waals surface area (Å²) in [5.41, 5.74) is 8.62. The molecule has 150 valence electrons. The van der Waals surface area contributed by atoms with Gasteiger partial charge >= 0.3 is 17.9 Å². The second-order valence-corrected chi connectivity index (χ2v) is 5.46. The molecule has 0 aliphatic carbocycles. The Hall–Kier alpha value is -2.99. The Morgan fingerprint density at radius 3 is 2.26 bits per heavy atom. The van der Waals surface area contributed by atoms with Gasteiger partial charge < -0.3 is 36.7 Å². The van der Waals surface area contributed by atoms with Crippen molar-refractivity contribution in [2.75, 3.05) is 0 Å². The van der Waals surface area contributed by atoms with Gasteiger partial charge in [-0.3, -0.25) is 14.4 Å². The van der Waals surface area contributed by atoms with Gasteiger partial charge in [0.15, 0.2) is 0 Å². The fourth-order valence-electron chi connectivity index (χ4n) is 2.11. The Kier molecular flexibility index (Phi) is 10.3. The lowest BCUT2D eigenvalue weighted by Crippen LogP contribution is -2.36. The van der Waals surface area contributed by atoms with Gasteiger partial charge in [0.2, 0.25) is 0 Å². The van der Waals surface area contributed by atoms with Crippen LogP contribution < -0.4 is 11.2 Å². The fourth-order valence-corrected chi connectivity index (χ4v) is 2.11. The SMILES string of the molecule is N[C@@H](CCC(=O)O)C(=O)O.O.O=C(O)[C@H](Cc1c[nH]c2ccccc12)NO. The van der Waals surface area contributed by atoms with E-state index in [0.29, 0.717) is 0 Å². The van der Waals surface area contributed by atoms with E-state index < -0.39 is 30.0 Å². The number of aliphatic carboxylic acids is 3. The first-order chi connectivity index (χ1) is 12.3. The average molecular weight is 385 g/mol. The highest BCUT2D eigenvalue weighted by Crippen LogP contribution is 2.18. The van der Waals surface area contributed by atoms with E-state index in [9.17, 15) is 14.4 Å². The van der Waals surface area contributed by atoms with Crippen LogP contribution in [0, 0.1) is 0 Å². The molecule has 1 aromatic heterocycles. The predicted molar refractivity (Wildman–Crippen MR) is 94.4 cm³/mol. The van der Waals surface area contributed by atoms with E-state index in [-0.39, 0.29) is 24.7 Å². The molecule has 0 fully saturated rings. The molecule has 1 aromatic carbocycles. The van der Waals surface area contributed by atoms with Crippen LogP contribution in [-0.4, -0.2) is 61.0 Å². The molecular weight excluding hydrogens is 362 g/mol. The van der Waals surface area contributed by atoms with Gasteiger partial charge in [-0.25, -0.2) is 0 Å². The lowest BCUT2D eigenvalue weighted by molar-refractivity contribution is -0.142. The minimum atomic E-state index is -1.17. The van der Waals surface area contributed by atoms with Gasteiger partial charge in [-0.1, -0.05) is 18.2 Å². The number of carbonyl (C=O) groups is 3. The Labute approximate surface area is 153 Å². The van der Waals surface area contributed by atoms with E-state index in [4.69, 9.17) is 26.3 Å². The number of aromatic nitrogens is 1. The Morgan fingerprint density at radius 1 is 1.11 bits per heavy atom. The zero-order valence-electron chi connectivity index (χ0n) is 14.3. The summed E-state index contributed by atoms with van der Waals surface area (Å²) in [4.78, 5) is 33.7. The first-order valence-electron chi connectivity index (χ1n) is 7.63. The lowest BCUT2D eigenvalue weighted by atomic mass is 10.1. The first-order valence-corrected chi connectivity index (χ1v) is 7.63. The third kappa shape index (κ3) is 7.83. The van der Waals surface area contributed by atoms with Crippen molar-refractivity contribution in [2.45, 2.75) is 31.3 Å². The van der Waals surface area contributed by atoms with E-state index in [1.165, 1.54) is 0 Å². The first kappa shape index (κ1) is 24.0. The maximum atomic E-state index is 10.8. The van der Waals surface area contributed by atoms with Crippen LogP contribution in [0.25, 0.3) is 10.9 Å². The summed E-state index contributed by atoms with van der Waals surface area (Å²) in [7, 11) is 0. The number of hydroxylamine groups is 1. The molecule has 0 bridgehead atoms. The number of carboxylic acids is 3. The number of fused-ring (bicyclic) bond motifs is 1. The highest BCUT2D eigenvalue weighted by Gasteiger charge is 2.18. The van der Waals surface area contributed by atoms with Gasteiger partial charge in [-0.2, -0.15) is 5.48 Å². The molecule has 1 heterocycles. The predicted octanol–water partition coefficient (Wildman–Crippen LogP) is -0.419. The van der Waals surface area contributed by atoms with Crippen molar-refractivity contribution in [1.82, 2.24) is 10.5 Å². The van der Waals surface area contributed by atoms with Crippen LogP contribution in [0.2, 0.25) is 0 Å². The number of carboxylic acid groups (broad SMARTS) is 3. The van der Waals surface area contributed by atoms with Gasteiger partial charge in [-0.15, -0.1) is 0 Å². The second-order valence-electron chi connectivity index (χ2n) is 5.46. The van der Waals surface area contributed by atoms with Crippen LogP contribution in [0.1, 0.15) is 18.4 Å². The van der Waals surface area contributed by atoms with E-state index in [1.54, 1.807) is 11.7 Å². The average Bonchev–Trinajstić information content (AvgIpc) is 3.00. The fraction of sp³-hybridized carbons (Fsp3) is 0.312. The maximum absolute atomic E-state index is 10.8. The molecule has 2 aromatic rings. The molecule has 2 atom stereocenters. The molecule has 0 saturated heterocycles. The van der Waals surface area contributed by atoms with Gasteiger partial charge in [0.05, 0.1) is 0 Å². The Morgan fingerprint density at radius 2 is 1.74 bits per heavy atom. The van der Waals surface area contributed by atoms with Gasteiger partial charge in [0.1, 0.15) is 12.1 Å². The lowest BCUT2D eigenvalue weighted by Gasteiger charge is -2.08. The molecule has 27 heavy (non-hydrogen) atoms. The molecule has 0 aliphatic rings. The number of aromatic amines is 1. The summed E-state index contributed by atoms with van der Waals surface area (Å²) in [6, 6.07) is 5.58. The molecule has 11 nitrogen and oxygen atoms in total. The molecule has 0 amide bonds. The monoisotopic (exact) mass is 385 g/mol.